The molecule has 2 aromatic rings. The zero-order valence-corrected chi connectivity index (χ0v) is 14.6. The lowest BCUT2D eigenvalue weighted by molar-refractivity contribution is -0.120. The van der Waals surface area contributed by atoms with Crippen molar-refractivity contribution >= 4 is 15.9 Å². The lowest BCUT2D eigenvalue weighted by atomic mass is 10.1. The van der Waals surface area contributed by atoms with E-state index in [1.54, 1.807) is 18.5 Å². The number of benzene rings is 1. The van der Waals surface area contributed by atoms with Gasteiger partial charge in [-0.05, 0) is 31.0 Å². The molecule has 1 aromatic carbocycles. The highest BCUT2D eigenvalue weighted by molar-refractivity contribution is 7.88. The molecule has 0 unspecified atom stereocenters. The van der Waals surface area contributed by atoms with Gasteiger partial charge in [-0.25, -0.2) is 13.1 Å². The molecule has 128 valence electrons. The molecule has 0 aliphatic rings. The zero-order chi connectivity index (χ0) is 17.6. The number of sulfonamides is 1. The van der Waals surface area contributed by atoms with E-state index in [1.807, 2.05) is 38.1 Å². The van der Waals surface area contributed by atoms with Crippen LogP contribution in [0.1, 0.15) is 22.3 Å². The number of pyridine rings is 1. The molecule has 0 saturated heterocycles. The van der Waals surface area contributed by atoms with Crippen molar-refractivity contribution in [2.75, 3.05) is 6.54 Å². The van der Waals surface area contributed by atoms with Gasteiger partial charge >= 0.3 is 0 Å². The molecule has 2 rings (SSSR count). The summed E-state index contributed by atoms with van der Waals surface area (Å²) < 4.78 is 26.5. The molecule has 0 aliphatic heterocycles. The Balaban J connectivity index is 1.84. The van der Waals surface area contributed by atoms with Crippen molar-refractivity contribution < 1.29 is 13.2 Å². The number of aryl methyl sites for hydroxylation is 2. The van der Waals surface area contributed by atoms with Crippen LogP contribution in [0.2, 0.25) is 0 Å². The average Bonchev–Trinajstić information content (AvgIpc) is 2.50. The van der Waals surface area contributed by atoms with Gasteiger partial charge in [-0.2, -0.15) is 0 Å². The number of carbonyl (C=O) groups is 1. The lowest BCUT2D eigenvalue weighted by Gasteiger charge is -2.09. The molecule has 1 amide bonds. The summed E-state index contributed by atoms with van der Waals surface area (Å²) in [6, 6.07) is 9.24. The Morgan fingerprint density at radius 2 is 1.83 bits per heavy atom. The Kier molecular flexibility index (Phi) is 6.05. The molecule has 1 heterocycles. The molecule has 0 saturated carbocycles. The van der Waals surface area contributed by atoms with Gasteiger partial charge in [0.25, 0.3) is 0 Å². The maximum atomic E-state index is 12.1. The molecule has 2 N–H and O–H groups in total. The first-order valence-corrected chi connectivity index (χ1v) is 9.19. The van der Waals surface area contributed by atoms with Crippen LogP contribution in [-0.2, 0) is 27.1 Å². The number of aromatic nitrogens is 1. The summed E-state index contributed by atoms with van der Waals surface area (Å²) in [5, 5.41) is 2.65. The number of carbonyl (C=O) groups excluding carboxylic acids is 1. The van der Waals surface area contributed by atoms with Crippen LogP contribution in [0.3, 0.4) is 0 Å². The first-order valence-electron chi connectivity index (χ1n) is 7.54. The molecule has 6 nitrogen and oxygen atoms in total. The van der Waals surface area contributed by atoms with Crippen LogP contribution in [-0.4, -0.2) is 25.9 Å². The third kappa shape index (κ3) is 6.10. The summed E-state index contributed by atoms with van der Waals surface area (Å²) >= 11 is 0. The van der Waals surface area contributed by atoms with Crippen molar-refractivity contribution in [2.24, 2.45) is 0 Å². The first kappa shape index (κ1) is 18.1. The zero-order valence-electron chi connectivity index (χ0n) is 13.7. The molecule has 0 spiro atoms. The smallest absolute Gasteiger partial charge is 0.235 e. The van der Waals surface area contributed by atoms with Gasteiger partial charge in [-0.15, -0.1) is 0 Å². The third-order valence-electron chi connectivity index (χ3n) is 3.30. The normalized spacial score (nSPS) is 11.2. The van der Waals surface area contributed by atoms with Crippen molar-refractivity contribution in [1.82, 2.24) is 15.0 Å². The average molecular weight is 347 g/mol. The largest absolute Gasteiger partial charge is 0.351 e. The fourth-order valence-electron chi connectivity index (χ4n) is 2.36. The van der Waals surface area contributed by atoms with E-state index in [2.05, 4.69) is 15.0 Å². The molecule has 0 bridgehead atoms. The van der Waals surface area contributed by atoms with Gasteiger partial charge in [0, 0.05) is 18.9 Å². The Labute approximate surface area is 142 Å². The van der Waals surface area contributed by atoms with E-state index in [-0.39, 0.29) is 18.2 Å². The quantitative estimate of drug-likeness (QED) is 0.793. The summed E-state index contributed by atoms with van der Waals surface area (Å²) in [4.78, 5) is 15.7. The summed E-state index contributed by atoms with van der Waals surface area (Å²) in [5.41, 5.74) is 3.57. The van der Waals surface area contributed by atoms with Gasteiger partial charge < -0.3 is 5.32 Å². The van der Waals surface area contributed by atoms with Crippen molar-refractivity contribution in [1.29, 1.82) is 0 Å². The number of hydrogen-bond acceptors (Lipinski definition) is 4. The van der Waals surface area contributed by atoms with E-state index in [1.165, 1.54) is 0 Å². The van der Waals surface area contributed by atoms with Gasteiger partial charge in [0.15, 0.2) is 0 Å². The predicted molar refractivity (Wildman–Crippen MR) is 92.6 cm³/mol. The predicted octanol–water partition coefficient (Wildman–Crippen LogP) is 1.43. The van der Waals surface area contributed by atoms with Gasteiger partial charge in [0.2, 0.25) is 15.9 Å². The van der Waals surface area contributed by atoms with Crippen LogP contribution in [0.5, 0.6) is 0 Å². The fraction of sp³-hybridized carbons (Fsp3) is 0.294. The van der Waals surface area contributed by atoms with Crippen LogP contribution >= 0.6 is 0 Å². The van der Waals surface area contributed by atoms with Crippen molar-refractivity contribution in [2.45, 2.75) is 26.1 Å². The molecular formula is C17H21N3O3S. The molecule has 0 aliphatic carbocycles. The summed E-state index contributed by atoms with van der Waals surface area (Å²) in [5.74, 6) is -0.534. The van der Waals surface area contributed by atoms with E-state index < -0.39 is 10.0 Å². The maximum Gasteiger partial charge on any atom is 0.235 e. The fourth-order valence-corrected chi connectivity index (χ4v) is 3.42. The van der Waals surface area contributed by atoms with E-state index in [0.717, 1.165) is 16.7 Å². The topological polar surface area (TPSA) is 88.2 Å². The summed E-state index contributed by atoms with van der Waals surface area (Å²) in [6.45, 7) is 3.86. The molecule has 7 heteroatoms. The Morgan fingerprint density at radius 1 is 1.12 bits per heavy atom. The highest BCUT2D eigenvalue weighted by atomic mass is 32.2. The number of nitrogens with zero attached hydrogens (tertiary/aromatic N) is 1. The molecule has 24 heavy (non-hydrogen) atoms. The van der Waals surface area contributed by atoms with Gasteiger partial charge in [-0.3, -0.25) is 9.78 Å². The number of nitrogens with one attached hydrogen (secondary N) is 2. The van der Waals surface area contributed by atoms with Crippen LogP contribution in [0, 0.1) is 13.8 Å². The van der Waals surface area contributed by atoms with Crippen LogP contribution in [0.4, 0.5) is 0 Å². The van der Waals surface area contributed by atoms with E-state index >= 15 is 0 Å². The second-order valence-corrected chi connectivity index (χ2v) is 7.52. The monoisotopic (exact) mass is 347 g/mol. The van der Waals surface area contributed by atoms with E-state index in [4.69, 9.17) is 0 Å². The second-order valence-electron chi connectivity index (χ2n) is 5.71. The van der Waals surface area contributed by atoms with Crippen molar-refractivity contribution in [3.63, 3.8) is 0 Å². The second kappa shape index (κ2) is 8.03. The standard InChI is InChI=1S/C17H21N3O3S/c1-13-6-14(2)8-16(7-13)12-24(22,23)20-11-17(21)19-10-15-4-3-5-18-9-15/h3-9,20H,10-12H2,1-2H3,(H,19,21). The number of rotatable bonds is 7. The Hall–Kier alpha value is -2.25. The van der Waals surface area contributed by atoms with Crippen molar-refractivity contribution in [3.8, 4) is 0 Å². The number of hydrogen-bond donors (Lipinski definition) is 2. The highest BCUT2D eigenvalue weighted by Crippen LogP contribution is 2.11. The SMILES string of the molecule is Cc1cc(C)cc(CS(=O)(=O)NCC(=O)NCc2cccnc2)c1. The van der Waals surface area contributed by atoms with Gasteiger partial charge in [-0.1, -0.05) is 35.4 Å². The minimum Gasteiger partial charge on any atom is -0.351 e. The Bertz CT molecular complexity index is 785. The third-order valence-corrected chi connectivity index (χ3v) is 4.60. The van der Waals surface area contributed by atoms with E-state index in [0.29, 0.717) is 12.1 Å². The number of amides is 1. The van der Waals surface area contributed by atoms with Crippen LogP contribution in [0.15, 0.2) is 42.7 Å². The minimum atomic E-state index is -3.57. The van der Waals surface area contributed by atoms with Crippen molar-refractivity contribution in [3.05, 3.63) is 65.0 Å². The minimum absolute atomic E-state index is 0.147. The van der Waals surface area contributed by atoms with Gasteiger partial charge in [0.1, 0.15) is 0 Å². The molecule has 0 radical (unpaired) electrons. The first-order chi connectivity index (χ1) is 11.3. The van der Waals surface area contributed by atoms with Crippen LogP contribution in [0.25, 0.3) is 0 Å². The molecule has 0 atom stereocenters. The Morgan fingerprint density at radius 3 is 2.46 bits per heavy atom. The highest BCUT2D eigenvalue weighted by Gasteiger charge is 2.14. The molecule has 1 aromatic heterocycles. The molecule has 0 fully saturated rings. The van der Waals surface area contributed by atoms with Gasteiger partial charge in [0.05, 0.1) is 12.3 Å². The summed E-state index contributed by atoms with van der Waals surface area (Å²) in [7, 11) is -3.57. The van der Waals surface area contributed by atoms with E-state index in [9.17, 15) is 13.2 Å². The summed E-state index contributed by atoms with van der Waals surface area (Å²) in [6.07, 6.45) is 3.29. The maximum absolute atomic E-state index is 12.1. The lowest BCUT2D eigenvalue weighted by Crippen LogP contribution is -2.37. The van der Waals surface area contributed by atoms with Crippen LogP contribution < -0.4 is 10.0 Å². The molecular weight excluding hydrogens is 326 g/mol.